The smallest absolute Gasteiger partial charge is 0.273 e. The van der Waals surface area contributed by atoms with Crippen LogP contribution in [0.4, 0.5) is 4.39 Å². The molecule has 0 saturated heterocycles. The lowest BCUT2D eigenvalue weighted by molar-refractivity contribution is 0.0739. The van der Waals surface area contributed by atoms with E-state index in [0.29, 0.717) is 12.2 Å². The topological polar surface area (TPSA) is 66.8 Å². The number of hydrogen-bond acceptors (Lipinski definition) is 3. The number of halogens is 1. The Kier molecular flexibility index (Phi) is 4.86. The molecule has 1 N–H and O–H groups in total. The van der Waals surface area contributed by atoms with Gasteiger partial charge in [-0.1, -0.05) is 42.0 Å². The van der Waals surface area contributed by atoms with Crippen LogP contribution in [0.25, 0.3) is 11.3 Å². The summed E-state index contributed by atoms with van der Waals surface area (Å²) >= 11 is 0. The quantitative estimate of drug-likeness (QED) is 0.509. The molecule has 0 bridgehead atoms. The number of nitrogens with zero attached hydrogens (tertiary/aromatic N) is 4. The minimum Gasteiger partial charge on any atom is -0.337 e. The molecule has 1 aliphatic heterocycles. The molecule has 31 heavy (non-hydrogen) atoms. The number of aromatic nitrogens is 4. The first-order valence-corrected chi connectivity index (χ1v) is 10.3. The summed E-state index contributed by atoms with van der Waals surface area (Å²) < 4.78 is 16.1. The lowest BCUT2D eigenvalue weighted by Crippen LogP contribution is -2.31. The Hall–Kier alpha value is -3.74. The van der Waals surface area contributed by atoms with Crippen molar-refractivity contribution in [2.45, 2.75) is 25.9 Å². The number of rotatable bonds is 6. The monoisotopic (exact) mass is 415 g/mol. The second-order valence-electron chi connectivity index (χ2n) is 7.84. The van der Waals surface area contributed by atoms with Gasteiger partial charge in [0.2, 0.25) is 0 Å². The number of amides is 1. The van der Waals surface area contributed by atoms with E-state index in [1.165, 1.54) is 12.1 Å². The summed E-state index contributed by atoms with van der Waals surface area (Å²) in [7, 11) is 0. The number of imidazole rings is 1. The van der Waals surface area contributed by atoms with Crippen molar-refractivity contribution in [3.63, 3.8) is 0 Å². The average Bonchev–Trinajstić information content (AvgIpc) is 3.48. The van der Waals surface area contributed by atoms with Gasteiger partial charge in [0, 0.05) is 36.6 Å². The normalized spacial score (nSPS) is 15.5. The second-order valence-corrected chi connectivity index (χ2v) is 7.84. The van der Waals surface area contributed by atoms with Crippen LogP contribution in [-0.2, 0) is 6.54 Å². The number of fused-ring (bicyclic) bond motifs is 1. The number of carbonyl (C=O) groups is 1. The molecule has 7 heteroatoms. The fourth-order valence-corrected chi connectivity index (χ4v) is 4.22. The van der Waals surface area contributed by atoms with Gasteiger partial charge in [-0.05, 0) is 31.0 Å². The van der Waals surface area contributed by atoms with Gasteiger partial charge >= 0.3 is 0 Å². The fraction of sp³-hybridized carbons (Fsp3) is 0.208. The van der Waals surface area contributed by atoms with Crippen LogP contribution in [0, 0.1) is 12.7 Å². The molecule has 2 aromatic heterocycles. The van der Waals surface area contributed by atoms with Crippen molar-refractivity contribution in [2.24, 2.45) is 0 Å². The zero-order valence-electron chi connectivity index (χ0n) is 17.1. The molecule has 156 valence electrons. The van der Waals surface area contributed by atoms with E-state index in [-0.39, 0.29) is 11.7 Å². The van der Waals surface area contributed by atoms with Gasteiger partial charge in [0.1, 0.15) is 11.5 Å². The summed E-state index contributed by atoms with van der Waals surface area (Å²) in [6.45, 7) is 3.31. The van der Waals surface area contributed by atoms with Gasteiger partial charge in [0.15, 0.2) is 0 Å². The van der Waals surface area contributed by atoms with Crippen molar-refractivity contribution >= 4 is 5.91 Å². The molecule has 3 heterocycles. The summed E-state index contributed by atoms with van der Waals surface area (Å²) in [5, 5.41) is 7.41. The van der Waals surface area contributed by atoms with Crippen molar-refractivity contribution in [1.29, 1.82) is 0 Å². The van der Waals surface area contributed by atoms with Crippen LogP contribution in [0.15, 0.2) is 67.3 Å². The molecule has 0 spiro atoms. The predicted octanol–water partition coefficient (Wildman–Crippen LogP) is 4.36. The maximum atomic E-state index is 14.1. The largest absolute Gasteiger partial charge is 0.337 e. The zero-order valence-corrected chi connectivity index (χ0v) is 17.1. The number of H-pyrrole nitrogens is 1. The number of benzene rings is 2. The lowest BCUT2D eigenvalue weighted by atomic mass is 9.95. The molecule has 0 fully saturated rings. The van der Waals surface area contributed by atoms with E-state index in [2.05, 4.69) is 15.2 Å². The van der Waals surface area contributed by atoms with Crippen LogP contribution in [0.1, 0.15) is 39.6 Å². The first kappa shape index (κ1) is 19.2. The maximum Gasteiger partial charge on any atom is 0.273 e. The Labute approximate surface area is 179 Å². The highest BCUT2D eigenvalue weighted by Crippen LogP contribution is 2.42. The van der Waals surface area contributed by atoms with Gasteiger partial charge in [0.05, 0.1) is 18.1 Å². The molecule has 1 unspecified atom stereocenters. The molecule has 0 saturated carbocycles. The van der Waals surface area contributed by atoms with E-state index in [1.807, 2.05) is 52.9 Å². The molecule has 0 aliphatic carbocycles. The summed E-state index contributed by atoms with van der Waals surface area (Å²) in [6, 6.07) is 14.1. The van der Waals surface area contributed by atoms with Crippen LogP contribution in [0.5, 0.6) is 0 Å². The van der Waals surface area contributed by atoms with Crippen LogP contribution in [0.2, 0.25) is 0 Å². The Bertz CT molecular complexity index is 1210. The number of nitrogens with one attached hydrogen (secondary N) is 1. The molecule has 0 radical (unpaired) electrons. The molecular formula is C24H22FN5O. The highest BCUT2D eigenvalue weighted by molar-refractivity contribution is 6.00. The Balaban J connectivity index is 1.53. The SMILES string of the molecule is Cc1ccc(-c2n[nH]c3c2C(c2cccc(F)c2)N(CCCn2ccnc2)C3=O)cc1. The molecule has 2 aromatic carbocycles. The van der Waals surface area contributed by atoms with Crippen molar-refractivity contribution in [3.05, 3.63) is 95.5 Å². The number of aryl methyl sites for hydroxylation is 2. The Morgan fingerprint density at radius 3 is 2.71 bits per heavy atom. The van der Waals surface area contributed by atoms with Gasteiger partial charge < -0.3 is 9.47 Å². The maximum absolute atomic E-state index is 14.1. The third kappa shape index (κ3) is 3.52. The predicted molar refractivity (Wildman–Crippen MR) is 115 cm³/mol. The summed E-state index contributed by atoms with van der Waals surface area (Å²) in [4.78, 5) is 19.2. The van der Waals surface area contributed by atoms with E-state index in [4.69, 9.17) is 0 Å². The van der Waals surface area contributed by atoms with Crippen molar-refractivity contribution in [1.82, 2.24) is 24.6 Å². The third-order valence-corrected chi connectivity index (χ3v) is 5.73. The van der Waals surface area contributed by atoms with Gasteiger partial charge in [-0.3, -0.25) is 9.89 Å². The molecular weight excluding hydrogens is 393 g/mol. The minimum absolute atomic E-state index is 0.110. The minimum atomic E-state index is -0.393. The fourth-order valence-electron chi connectivity index (χ4n) is 4.22. The molecule has 1 amide bonds. The van der Waals surface area contributed by atoms with E-state index in [1.54, 1.807) is 18.6 Å². The highest BCUT2D eigenvalue weighted by Gasteiger charge is 2.41. The van der Waals surface area contributed by atoms with E-state index in [0.717, 1.165) is 40.9 Å². The van der Waals surface area contributed by atoms with Crippen LogP contribution in [-0.4, -0.2) is 37.1 Å². The molecule has 5 rings (SSSR count). The second kappa shape index (κ2) is 7.83. The third-order valence-electron chi connectivity index (χ3n) is 5.73. The standard InChI is InChI=1S/C24H22FN5O/c1-16-6-8-17(9-7-16)21-20-22(28-27-21)24(31)30(12-3-11-29-13-10-26-15-29)23(20)18-4-2-5-19(25)14-18/h2,4-10,13-15,23H,3,11-12H2,1H3,(H,27,28). The van der Waals surface area contributed by atoms with Gasteiger partial charge in [-0.25, -0.2) is 9.37 Å². The zero-order chi connectivity index (χ0) is 21.4. The molecule has 1 aliphatic rings. The van der Waals surface area contributed by atoms with Crippen LogP contribution >= 0.6 is 0 Å². The number of aromatic amines is 1. The Morgan fingerprint density at radius 1 is 1.13 bits per heavy atom. The van der Waals surface area contributed by atoms with E-state index in [9.17, 15) is 9.18 Å². The molecule has 6 nitrogen and oxygen atoms in total. The summed E-state index contributed by atoms with van der Waals surface area (Å²) in [5.74, 6) is -0.433. The van der Waals surface area contributed by atoms with E-state index < -0.39 is 6.04 Å². The molecule has 1 atom stereocenters. The van der Waals surface area contributed by atoms with Crippen molar-refractivity contribution < 1.29 is 9.18 Å². The lowest BCUT2D eigenvalue weighted by Gasteiger charge is -2.26. The first-order valence-electron chi connectivity index (χ1n) is 10.3. The van der Waals surface area contributed by atoms with Gasteiger partial charge in [-0.2, -0.15) is 5.10 Å². The van der Waals surface area contributed by atoms with Crippen molar-refractivity contribution in [2.75, 3.05) is 6.54 Å². The van der Waals surface area contributed by atoms with Crippen LogP contribution in [0.3, 0.4) is 0 Å². The number of carbonyl (C=O) groups excluding carboxylic acids is 1. The summed E-state index contributed by atoms with van der Waals surface area (Å²) in [5.41, 5.74) is 4.83. The number of hydrogen-bond donors (Lipinski definition) is 1. The average molecular weight is 415 g/mol. The first-order chi connectivity index (χ1) is 15.1. The van der Waals surface area contributed by atoms with Gasteiger partial charge in [0.25, 0.3) is 5.91 Å². The van der Waals surface area contributed by atoms with Crippen LogP contribution < -0.4 is 0 Å². The highest BCUT2D eigenvalue weighted by atomic mass is 19.1. The Morgan fingerprint density at radius 2 is 1.97 bits per heavy atom. The van der Waals surface area contributed by atoms with E-state index >= 15 is 0 Å². The van der Waals surface area contributed by atoms with Crippen molar-refractivity contribution in [3.8, 4) is 11.3 Å². The molecule has 4 aromatic rings. The summed E-state index contributed by atoms with van der Waals surface area (Å²) in [6.07, 6.45) is 6.15. The van der Waals surface area contributed by atoms with Gasteiger partial charge in [-0.15, -0.1) is 0 Å².